The van der Waals surface area contributed by atoms with Crippen molar-refractivity contribution in [3.63, 3.8) is 0 Å². The number of nitrogens with zero attached hydrogens (tertiary/aromatic N) is 1. The highest BCUT2D eigenvalue weighted by molar-refractivity contribution is 4.77. The summed E-state index contributed by atoms with van der Waals surface area (Å²) in [6.07, 6.45) is -0.351. The molecule has 0 bridgehead atoms. The fourth-order valence-electron chi connectivity index (χ4n) is 1.73. The number of ether oxygens (including phenoxy) is 1. The lowest BCUT2D eigenvalue weighted by atomic mass is 10.2. The first-order valence-corrected chi connectivity index (χ1v) is 5.44. The minimum atomic E-state index is -0.351. The van der Waals surface area contributed by atoms with Crippen LogP contribution in [0, 0.1) is 0 Å². The van der Waals surface area contributed by atoms with Crippen molar-refractivity contribution in [3.05, 3.63) is 0 Å². The molecule has 0 radical (unpaired) electrons. The number of rotatable bonds is 5. The molecule has 2 atom stereocenters. The Morgan fingerprint density at radius 3 is 3.07 bits per heavy atom. The van der Waals surface area contributed by atoms with Gasteiger partial charge in [-0.25, -0.2) is 0 Å². The predicted octanol–water partition coefficient (Wildman–Crippen LogP) is -0.322. The quantitative estimate of drug-likeness (QED) is 0.641. The summed E-state index contributed by atoms with van der Waals surface area (Å²) in [5.74, 6) is 0. The fraction of sp³-hybridized carbons (Fsp3) is 1.00. The number of β-amino-alcohol motifs (C(OH)–C–C–N with tert-alkyl or cyclic N) is 1. The van der Waals surface area contributed by atoms with Crippen LogP contribution in [0.4, 0.5) is 0 Å². The maximum absolute atomic E-state index is 9.66. The van der Waals surface area contributed by atoms with Gasteiger partial charge in [0.25, 0.3) is 0 Å². The molecule has 1 rings (SSSR count). The number of hydrogen-bond acceptors (Lipinski definition) is 4. The van der Waals surface area contributed by atoms with Crippen LogP contribution >= 0.6 is 0 Å². The van der Waals surface area contributed by atoms with Crippen LogP contribution in [0.25, 0.3) is 0 Å². The smallest absolute Gasteiger partial charge is 0.0900 e. The van der Waals surface area contributed by atoms with E-state index in [1.54, 1.807) is 0 Å². The molecule has 14 heavy (non-hydrogen) atoms. The first-order valence-electron chi connectivity index (χ1n) is 5.44. The average molecular weight is 202 g/mol. The SMILES string of the molecule is CCOCC(O)CN1CCNCC1C. The van der Waals surface area contributed by atoms with Crippen LogP contribution < -0.4 is 5.32 Å². The van der Waals surface area contributed by atoms with Crippen molar-refractivity contribution in [1.82, 2.24) is 10.2 Å². The first kappa shape index (κ1) is 11.9. The van der Waals surface area contributed by atoms with Crippen molar-refractivity contribution in [2.24, 2.45) is 0 Å². The lowest BCUT2D eigenvalue weighted by Crippen LogP contribution is -2.52. The largest absolute Gasteiger partial charge is 0.389 e. The van der Waals surface area contributed by atoms with Gasteiger partial charge in [-0.15, -0.1) is 0 Å². The van der Waals surface area contributed by atoms with Crippen molar-refractivity contribution >= 4 is 0 Å². The van der Waals surface area contributed by atoms with Crippen LogP contribution in [0.3, 0.4) is 0 Å². The van der Waals surface area contributed by atoms with Gasteiger partial charge in [-0.05, 0) is 13.8 Å². The van der Waals surface area contributed by atoms with Gasteiger partial charge in [-0.3, -0.25) is 4.90 Å². The summed E-state index contributed by atoms with van der Waals surface area (Å²) < 4.78 is 5.18. The van der Waals surface area contributed by atoms with E-state index in [1.807, 2.05) is 6.92 Å². The zero-order valence-corrected chi connectivity index (χ0v) is 9.20. The highest BCUT2D eigenvalue weighted by Gasteiger charge is 2.20. The lowest BCUT2D eigenvalue weighted by molar-refractivity contribution is 0.0101. The second kappa shape index (κ2) is 6.35. The maximum atomic E-state index is 9.66. The van der Waals surface area contributed by atoms with Crippen molar-refractivity contribution in [2.75, 3.05) is 39.4 Å². The molecule has 1 aliphatic rings. The Hall–Kier alpha value is -0.160. The van der Waals surface area contributed by atoms with Gasteiger partial charge in [0.05, 0.1) is 12.7 Å². The summed E-state index contributed by atoms with van der Waals surface area (Å²) in [7, 11) is 0. The van der Waals surface area contributed by atoms with Crippen molar-refractivity contribution in [1.29, 1.82) is 0 Å². The molecular weight excluding hydrogens is 180 g/mol. The summed E-state index contributed by atoms with van der Waals surface area (Å²) in [6.45, 7) is 9.03. The Balaban J connectivity index is 2.20. The van der Waals surface area contributed by atoms with E-state index in [0.29, 0.717) is 19.3 Å². The molecule has 1 heterocycles. The van der Waals surface area contributed by atoms with Gasteiger partial charge in [-0.1, -0.05) is 0 Å². The van der Waals surface area contributed by atoms with Gasteiger partial charge in [0.15, 0.2) is 0 Å². The van der Waals surface area contributed by atoms with Crippen molar-refractivity contribution in [2.45, 2.75) is 26.0 Å². The van der Waals surface area contributed by atoms with Crippen LogP contribution in [0.5, 0.6) is 0 Å². The third-order valence-corrected chi connectivity index (χ3v) is 2.60. The van der Waals surface area contributed by atoms with Gasteiger partial charge in [0.1, 0.15) is 0 Å². The minimum Gasteiger partial charge on any atom is -0.389 e. The van der Waals surface area contributed by atoms with E-state index in [-0.39, 0.29) is 6.10 Å². The Bertz CT molecular complexity index is 155. The number of aliphatic hydroxyl groups excluding tert-OH is 1. The second-order valence-corrected chi connectivity index (χ2v) is 3.86. The maximum Gasteiger partial charge on any atom is 0.0900 e. The predicted molar refractivity (Wildman–Crippen MR) is 56.4 cm³/mol. The van der Waals surface area contributed by atoms with Crippen LogP contribution in [0.15, 0.2) is 0 Å². The summed E-state index contributed by atoms with van der Waals surface area (Å²) in [5, 5.41) is 13.0. The van der Waals surface area contributed by atoms with E-state index in [2.05, 4.69) is 17.1 Å². The molecule has 1 aliphatic heterocycles. The zero-order chi connectivity index (χ0) is 10.4. The Labute approximate surface area is 86.2 Å². The molecule has 0 spiro atoms. The van der Waals surface area contributed by atoms with E-state index < -0.39 is 0 Å². The van der Waals surface area contributed by atoms with Crippen LogP contribution in [-0.4, -0.2) is 61.5 Å². The monoisotopic (exact) mass is 202 g/mol. The standard InChI is InChI=1S/C10H22N2O2/c1-3-14-8-10(13)7-12-5-4-11-6-9(12)2/h9-11,13H,3-8H2,1-2H3. The van der Waals surface area contributed by atoms with Gasteiger partial charge >= 0.3 is 0 Å². The van der Waals surface area contributed by atoms with Crippen molar-refractivity contribution in [3.8, 4) is 0 Å². The summed E-state index contributed by atoms with van der Waals surface area (Å²) in [6, 6.07) is 0.514. The Kier molecular flexibility index (Phi) is 5.40. The molecule has 0 aromatic carbocycles. The average Bonchev–Trinajstić information content (AvgIpc) is 2.18. The molecular formula is C10H22N2O2. The van der Waals surface area contributed by atoms with E-state index in [4.69, 9.17) is 4.74 Å². The molecule has 4 nitrogen and oxygen atoms in total. The molecule has 1 fully saturated rings. The van der Waals surface area contributed by atoms with Gasteiger partial charge in [-0.2, -0.15) is 0 Å². The van der Waals surface area contributed by atoms with E-state index in [9.17, 15) is 5.11 Å². The Morgan fingerprint density at radius 2 is 2.43 bits per heavy atom. The molecule has 0 saturated carbocycles. The molecule has 2 unspecified atom stereocenters. The van der Waals surface area contributed by atoms with Gasteiger partial charge < -0.3 is 15.2 Å². The van der Waals surface area contributed by atoms with E-state index in [1.165, 1.54) is 0 Å². The molecule has 4 heteroatoms. The number of hydrogen-bond donors (Lipinski definition) is 2. The molecule has 1 saturated heterocycles. The molecule has 0 aromatic heterocycles. The van der Waals surface area contributed by atoms with E-state index in [0.717, 1.165) is 26.2 Å². The summed E-state index contributed by atoms with van der Waals surface area (Å²) >= 11 is 0. The molecule has 0 amide bonds. The van der Waals surface area contributed by atoms with Gasteiger partial charge in [0.2, 0.25) is 0 Å². The van der Waals surface area contributed by atoms with Crippen LogP contribution in [0.1, 0.15) is 13.8 Å². The normalized spacial score (nSPS) is 26.4. The van der Waals surface area contributed by atoms with Crippen molar-refractivity contribution < 1.29 is 9.84 Å². The van der Waals surface area contributed by atoms with Crippen LogP contribution in [0.2, 0.25) is 0 Å². The number of nitrogens with one attached hydrogen (secondary N) is 1. The topological polar surface area (TPSA) is 44.7 Å². The van der Waals surface area contributed by atoms with Crippen LogP contribution in [-0.2, 0) is 4.74 Å². The highest BCUT2D eigenvalue weighted by Crippen LogP contribution is 2.03. The molecule has 0 aromatic rings. The lowest BCUT2D eigenvalue weighted by Gasteiger charge is -2.35. The summed E-state index contributed by atoms with van der Waals surface area (Å²) in [5.41, 5.74) is 0. The first-order chi connectivity index (χ1) is 6.74. The summed E-state index contributed by atoms with van der Waals surface area (Å²) in [4.78, 5) is 2.31. The van der Waals surface area contributed by atoms with Gasteiger partial charge in [0, 0.05) is 38.8 Å². The van der Waals surface area contributed by atoms with E-state index >= 15 is 0 Å². The fourth-order valence-corrected chi connectivity index (χ4v) is 1.73. The third kappa shape index (κ3) is 3.92. The second-order valence-electron chi connectivity index (χ2n) is 3.86. The molecule has 2 N–H and O–H groups in total. The Morgan fingerprint density at radius 1 is 1.64 bits per heavy atom. The zero-order valence-electron chi connectivity index (χ0n) is 9.20. The minimum absolute atomic E-state index is 0.351. The number of piperazine rings is 1. The highest BCUT2D eigenvalue weighted by atomic mass is 16.5. The molecule has 84 valence electrons. The third-order valence-electron chi connectivity index (χ3n) is 2.60. The molecule has 0 aliphatic carbocycles. The number of aliphatic hydroxyl groups is 1.